The predicted molar refractivity (Wildman–Crippen MR) is 117 cm³/mol. The summed E-state index contributed by atoms with van der Waals surface area (Å²) in [5.41, 5.74) is 1.43. The number of pyridine rings is 1. The highest BCUT2D eigenvalue weighted by molar-refractivity contribution is 7.92. The van der Waals surface area contributed by atoms with Gasteiger partial charge in [-0.05, 0) is 47.5 Å². The molecule has 0 aliphatic rings. The zero-order valence-corrected chi connectivity index (χ0v) is 17.4. The first-order chi connectivity index (χ1) is 14.8. The van der Waals surface area contributed by atoms with Crippen molar-refractivity contribution in [3.8, 4) is 5.75 Å². The van der Waals surface area contributed by atoms with Gasteiger partial charge < -0.3 is 14.4 Å². The second kappa shape index (κ2) is 9.31. The molecule has 2 N–H and O–H groups in total. The molecule has 0 unspecified atom stereocenters. The Morgan fingerprint density at radius 1 is 1.13 bits per heavy atom. The van der Waals surface area contributed by atoms with E-state index in [2.05, 4.69) is 4.72 Å². The van der Waals surface area contributed by atoms with Gasteiger partial charge in [0.15, 0.2) is 0 Å². The molecule has 0 saturated carbocycles. The minimum atomic E-state index is -4.01. The summed E-state index contributed by atoms with van der Waals surface area (Å²) in [6, 6.07) is 15.9. The second-order valence-electron chi connectivity index (χ2n) is 6.55. The van der Waals surface area contributed by atoms with Crippen molar-refractivity contribution in [2.24, 2.45) is 0 Å². The highest BCUT2D eigenvalue weighted by Gasteiger charge is 2.20. The lowest BCUT2D eigenvalue weighted by Gasteiger charge is -2.13. The summed E-state index contributed by atoms with van der Waals surface area (Å²) in [6.07, 6.45) is 3.89. The van der Waals surface area contributed by atoms with Crippen molar-refractivity contribution in [3.05, 3.63) is 94.4 Å². The molecular formula is C22H20N2O6S. The van der Waals surface area contributed by atoms with E-state index in [4.69, 9.17) is 9.84 Å². The van der Waals surface area contributed by atoms with Gasteiger partial charge in [-0.2, -0.15) is 0 Å². The number of anilines is 1. The van der Waals surface area contributed by atoms with Crippen molar-refractivity contribution in [1.82, 2.24) is 4.57 Å². The Morgan fingerprint density at radius 3 is 2.52 bits per heavy atom. The number of sulfonamides is 1. The Balaban J connectivity index is 1.83. The zero-order valence-electron chi connectivity index (χ0n) is 16.6. The van der Waals surface area contributed by atoms with Gasteiger partial charge in [-0.25, -0.2) is 13.2 Å². The molecule has 31 heavy (non-hydrogen) atoms. The van der Waals surface area contributed by atoms with E-state index in [0.717, 1.165) is 11.6 Å². The van der Waals surface area contributed by atoms with Crippen LogP contribution < -0.4 is 15.0 Å². The van der Waals surface area contributed by atoms with E-state index < -0.39 is 16.0 Å². The molecule has 0 saturated heterocycles. The molecule has 1 aromatic heterocycles. The molecule has 0 aliphatic heterocycles. The number of aromatic nitrogens is 1. The SMILES string of the molecule is COc1ccc(/C=C/C(=O)O)cc1S(=O)(=O)Nc1ccc(Cn2ccccc2=O)cc1. The van der Waals surface area contributed by atoms with Crippen LogP contribution in [0.15, 0.2) is 82.6 Å². The number of carboxylic acids is 1. The number of hydrogen-bond acceptors (Lipinski definition) is 5. The van der Waals surface area contributed by atoms with E-state index in [1.165, 1.54) is 31.4 Å². The van der Waals surface area contributed by atoms with Gasteiger partial charge in [-0.3, -0.25) is 9.52 Å². The Bertz CT molecular complexity index is 1280. The van der Waals surface area contributed by atoms with Crippen LogP contribution in [0.25, 0.3) is 6.08 Å². The predicted octanol–water partition coefficient (Wildman–Crippen LogP) is 2.80. The number of carboxylic acid groups (broad SMARTS) is 1. The number of benzene rings is 2. The van der Waals surface area contributed by atoms with Gasteiger partial charge in [0.05, 0.1) is 13.7 Å². The number of rotatable bonds is 8. The van der Waals surface area contributed by atoms with Crippen molar-refractivity contribution < 1.29 is 23.1 Å². The Kier molecular flexibility index (Phi) is 6.56. The van der Waals surface area contributed by atoms with Crippen molar-refractivity contribution in [2.45, 2.75) is 11.4 Å². The summed E-state index contributed by atoms with van der Waals surface area (Å²) in [4.78, 5) is 22.4. The van der Waals surface area contributed by atoms with E-state index in [0.29, 0.717) is 17.8 Å². The fourth-order valence-electron chi connectivity index (χ4n) is 2.85. The third-order valence-electron chi connectivity index (χ3n) is 4.35. The van der Waals surface area contributed by atoms with Crippen LogP contribution in [0, 0.1) is 0 Å². The maximum atomic E-state index is 12.9. The summed E-state index contributed by atoms with van der Waals surface area (Å²) in [5, 5.41) is 8.77. The van der Waals surface area contributed by atoms with E-state index in [1.54, 1.807) is 53.2 Å². The fraction of sp³-hybridized carbons (Fsp3) is 0.0909. The third kappa shape index (κ3) is 5.61. The average molecular weight is 440 g/mol. The minimum absolute atomic E-state index is 0.123. The average Bonchev–Trinajstić information content (AvgIpc) is 2.75. The number of aliphatic carboxylic acids is 1. The van der Waals surface area contributed by atoms with Crippen LogP contribution >= 0.6 is 0 Å². The summed E-state index contributed by atoms with van der Waals surface area (Å²) in [7, 11) is -2.66. The molecule has 3 aromatic rings. The van der Waals surface area contributed by atoms with Crippen LogP contribution in [0.4, 0.5) is 5.69 Å². The summed E-state index contributed by atoms with van der Waals surface area (Å²) in [5.74, 6) is -1.02. The molecule has 160 valence electrons. The quantitative estimate of drug-likeness (QED) is 0.521. The number of methoxy groups -OCH3 is 1. The molecule has 2 aromatic carbocycles. The highest BCUT2D eigenvalue weighted by Crippen LogP contribution is 2.27. The maximum Gasteiger partial charge on any atom is 0.328 e. The van der Waals surface area contributed by atoms with Gasteiger partial charge in [0.1, 0.15) is 10.6 Å². The topological polar surface area (TPSA) is 115 Å². The van der Waals surface area contributed by atoms with Crippen LogP contribution in [0.2, 0.25) is 0 Å². The molecule has 0 aliphatic carbocycles. The summed E-state index contributed by atoms with van der Waals surface area (Å²) in [6.45, 7) is 0.360. The van der Waals surface area contributed by atoms with Gasteiger partial charge in [0.2, 0.25) is 0 Å². The molecule has 0 amide bonds. The lowest BCUT2D eigenvalue weighted by atomic mass is 10.2. The number of ether oxygens (including phenoxy) is 1. The van der Waals surface area contributed by atoms with Crippen molar-refractivity contribution in [2.75, 3.05) is 11.8 Å². The first kappa shape index (κ1) is 21.8. The Morgan fingerprint density at radius 2 is 1.87 bits per heavy atom. The molecule has 0 radical (unpaired) electrons. The molecule has 3 rings (SSSR count). The first-order valence-electron chi connectivity index (χ1n) is 9.15. The summed E-state index contributed by atoms with van der Waals surface area (Å²) >= 11 is 0. The standard InChI is InChI=1S/C22H20N2O6S/c1-30-19-11-7-16(8-12-22(26)27)14-20(19)31(28,29)23-18-9-5-17(6-10-18)15-24-13-3-2-4-21(24)25/h2-14,23H,15H2,1H3,(H,26,27)/b12-8+. The Labute approximate surface area is 179 Å². The monoisotopic (exact) mass is 440 g/mol. The van der Waals surface area contributed by atoms with Gasteiger partial charge in [0.25, 0.3) is 15.6 Å². The third-order valence-corrected chi connectivity index (χ3v) is 5.76. The van der Waals surface area contributed by atoms with E-state index in [1.807, 2.05) is 0 Å². The molecule has 0 bridgehead atoms. The lowest BCUT2D eigenvalue weighted by Crippen LogP contribution is -2.18. The number of carbonyl (C=O) groups is 1. The van der Waals surface area contributed by atoms with Crippen LogP contribution in [0.5, 0.6) is 5.75 Å². The highest BCUT2D eigenvalue weighted by atomic mass is 32.2. The van der Waals surface area contributed by atoms with Gasteiger partial charge in [-0.1, -0.05) is 24.3 Å². The number of nitrogens with zero attached hydrogens (tertiary/aromatic N) is 1. The van der Waals surface area contributed by atoms with Crippen molar-refractivity contribution in [3.63, 3.8) is 0 Å². The number of hydrogen-bond donors (Lipinski definition) is 2. The molecular weight excluding hydrogens is 420 g/mol. The molecule has 0 fully saturated rings. The van der Waals surface area contributed by atoms with Gasteiger partial charge in [0, 0.05) is 24.0 Å². The maximum absolute atomic E-state index is 12.9. The zero-order chi connectivity index (χ0) is 22.4. The van der Waals surface area contributed by atoms with Crippen molar-refractivity contribution >= 4 is 27.8 Å². The van der Waals surface area contributed by atoms with Crippen LogP contribution in [0.3, 0.4) is 0 Å². The van der Waals surface area contributed by atoms with Crippen LogP contribution in [-0.4, -0.2) is 31.2 Å². The molecule has 1 heterocycles. The fourth-order valence-corrected chi connectivity index (χ4v) is 4.11. The molecule has 0 spiro atoms. The van der Waals surface area contributed by atoms with E-state index in [9.17, 15) is 18.0 Å². The van der Waals surface area contributed by atoms with Crippen LogP contribution in [-0.2, 0) is 21.4 Å². The van der Waals surface area contributed by atoms with E-state index >= 15 is 0 Å². The largest absolute Gasteiger partial charge is 0.495 e. The minimum Gasteiger partial charge on any atom is -0.495 e. The molecule has 0 atom stereocenters. The van der Waals surface area contributed by atoms with E-state index in [-0.39, 0.29) is 16.2 Å². The second-order valence-corrected chi connectivity index (χ2v) is 8.20. The molecule has 8 nitrogen and oxygen atoms in total. The van der Waals surface area contributed by atoms with Gasteiger partial charge in [-0.15, -0.1) is 0 Å². The normalized spacial score (nSPS) is 11.4. The Hall–Kier alpha value is -3.85. The van der Waals surface area contributed by atoms with Gasteiger partial charge >= 0.3 is 5.97 Å². The first-order valence-corrected chi connectivity index (χ1v) is 10.6. The van der Waals surface area contributed by atoms with Crippen molar-refractivity contribution in [1.29, 1.82) is 0 Å². The smallest absolute Gasteiger partial charge is 0.328 e. The molecule has 9 heteroatoms. The van der Waals surface area contributed by atoms with Crippen LogP contribution in [0.1, 0.15) is 11.1 Å². The summed E-state index contributed by atoms with van der Waals surface area (Å²) < 4.78 is 35.0. The number of nitrogens with one attached hydrogen (secondary N) is 1. The lowest BCUT2D eigenvalue weighted by molar-refractivity contribution is -0.131.